The number of benzene rings is 1. The first-order valence-corrected chi connectivity index (χ1v) is 11.2. The first-order valence-electron chi connectivity index (χ1n) is 10.9. The molecule has 2 aliphatic heterocycles. The smallest absolute Gasteiger partial charge is 0.247 e. The predicted molar refractivity (Wildman–Crippen MR) is 117 cm³/mol. The number of rotatable bonds is 6. The third-order valence-electron chi connectivity index (χ3n) is 6.76. The van der Waals surface area contributed by atoms with Gasteiger partial charge in [-0.25, -0.2) is 0 Å². The second-order valence-corrected chi connectivity index (χ2v) is 9.25. The molecule has 30 heavy (non-hydrogen) atoms. The van der Waals surface area contributed by atoms with E-state index in [1.165, 1.54) is 18.9 Å². The largest absolute Gasteiger partial charge is 0.391 e. The molecule has 1 spiro atoms. The summed E-state index contributed by atoms with van der Waals surface area (Å²) in [5.74, 6) is -0.152. The summed E-state index contributed by atoms with van der Waals surface area (Å²) in [5.41, 5.74) is 1.09. The van der Waals surface area contributed by atoms with E-state index in [0.717, 1.165) is 38.0 Å². The van der Waals surface area contributed by atoms with Crippen LogP contribution in [0.1, 0.15) is 31.2 Å². The molecule has 3 fully saturated rings. The molecule has 1 atom stereocenters. The van der Waals surface area contributed by atoms with Gasteiger partial charge in [-0.3, -0.25) is 9.59 Å². The van der Waals surface area contributed by atoms with Crippen LogP contribution in [0.2, 0.25) is 5.02 Å². The van der Waals surface area contributed by atoms with E-state index < -0.39 is 0 Å². The number of piperazine rings is 1. The lowest BCUT2D eigenvalue weighted by Crippen LogP contribution is -2.52. The average Bonchev–Trinajstić information content (AvgIpc) is 3.51. The number of halogens is 1. The van der Waals surface area contributed by atoms with Gasteiger partial charge in [0.15, 0.2) is 0 Å². The highest BCUT2D eigenvalue weighted by Crippen LogP contribution is 2.53. The second-order valence-electron chi connectivity index (χ2n) is 8.81. The second kappa shape index (κ2) is 9.08. The molecule has 0 radical (unpaired) electrons. The summed E-state index contributed by atoms with van der Waals surface area (Å²) in [6, 6.07) is 7.30. The van der Waals surface area contributed by atoms with Gasteiger partial charge in [-0.05, 0) is 68.0 Å². The molecule has 1 saturated carbocycles. The molecule has 1 N–H and O–H groups in total. The van der Waals surface area contributed by atoms with Crippen LogP contribution in [0.3, 0.4) is 0 Å². The first kappa shape index (κ1) is 21.3. The number of likely N-dealkylation sites (tertiary alicyclic amines) is 1. The predicted octanol–water partition coefficient (Wildman–Crippen LogP) is 2.26. The fraction of sp³-hybridized carbons (Fsp3) is 0.565. The molecule has 4 rings (SSSR count). The van der Waals surface area contributed by atoms with Gasteiger partial charge >= 0.3 is 0 Å². The summed E-state index contributed by atoms with van der Waals surface area (Å²) < 4.78 is 0. The molecule has 2 saturated heterocycles. The standard InChI is InChI=1S/C23H30ClN3O3/c24-19-4-1-3-18(15-19)5-6-21(29)27-14-13-26(22(30)17-27)11-2-10-25-12-9-23(7-8-23)20(28)16-25/h1,3-6,15,20,28H,2,7-14,16-17H2/t20-/m1/s1. The number of hydrogen-bond donors (Lipinski definition) is 1. The van der Waals surface area contributed by atoms with Gasteiger partial charge in [0.25, 0.3) is 0 Å². The Morgan fingerprint density at radius 1 is 1.20 bits per heavy atom. The Bertz CT molecular complexity index is 824. The summed E-state index contributed by atoms with van der Waals surface area (Å²) in [6.45, 7) is 4.67. The van der Waals surface area contributed by atoms with Gasteiger partial charge in [0.1, 0.15) is 6.54 Å². The first-order chi connectivity index (χ1) is 14.4. The van der Waals surface area contributed by atoms with Crippen molar-refractivity contribution >= 4 is 29.5 Å². The van der Waals surface area contributed by atoms with Crippen LogP contribution in [0, 0.1) is 5.41 Å². The Balaban J connectivity index is 1.18. The molecule has 1 aliphatic carbocycles. The summed E-state index contributed by atoms with van der Waals surface area (Å²) in [6.07, 6.45) is 7.38. The van der Waals surface area contributed by atoms with Crippen LogP contribution in [0.15, 0.2) is 30.3 Å². The topological polar surface area (TPSA) is 64.1 Å². The minimum absolute atomic E-state index is 0.00127. The lowest BCUT2D eigenvalue weighted by Gasteiger charge is -2.37. The molecular formula is C23H30ClN3O3. The van der Waals surface area contributed by atoms with Crippen LogP contribution >= 0.6 is 11.6 Å². The third-order valence-corrected chi connectivity index (χ3v) is 6.99. The highest BCUT2D eigenvalue weighted by Gasteiger charge is 2.51. The van der Waals surface area contributed by atoms with Gasteiger partial charge in [0, 0.05) is 37.3 Å². The zero-order chi connectivity index (χ0) is 21.1. The number of carbonyl (C=O) groups is 2. The zero-order valence-electron chi connectivity index (χ0n) is 17.3. The van der Waals surface area contributed by atoms with E-state index in [2.05, 4.69) is 4.90 Å². The van der Waals surface area contributed by atoms with Crippen molar-refractivity contribution in [1.29, 1.82) is 0 Å². The Kier molecular flexibility index (Phi) is 6.46. The molecule has 1 aromatic rings. The molecule has 2 amide bonds. The highest BCUT2D eigenvalue weighted by molar-refractivity contribution is 6.30. The van der Waals surface area contributed by atoms with Gasteiger partial charge < -0.3 is 19.8 Å². The average molecular weight is 432 g/mol. The van der Waals surface area contributed by atoms with Gasteiger partial charge in [-0.2, -0.15) is 0 Å². The van der Waals surface area contributed by atoms with Crippen LogP contribution in [0.25, 0.3) is 6.08 Å². The van der Waals surface area contributed by atoms with Crippen molar-refractivity contribution in [3.05, 3.63) is 40.9 Å². The maximum atomic E-state index is 12.5. The molecule has 6 nitrogen and oxygen atoms in total. The van der Waals surface area contributed by atoms with Crippen LogP contribution < -0.4 is 0 Å². The minimum Gasteiger partial charge on any atom is -0.391 e. The SMILES string of the molecule is O=C(C=Cc1cccc(Cl)c1)N1CCN(CCCN2CCC3(CC3)[C@H](O)C2)C(=O)C1. The lowest BCUT2D eigenvalue weighted by atomic mass is 9.90. The Morgan fingerprint density at radius 2 is 2.03 bits per heavy atom. The summed E-state index contributed by atoms with van der Waals surface area (Å²) in [4.78, 5) is 30.7. The number of amides is 2. The van der Waals surface area contributed by atoms with Gasteiger partial charge in [-0.15, -0.1) is 0 Å². The van der Waals surface area contributed by atoms with Crippen molar-refractivity contribution in [2.24, 2.45) is 5.41 Å². The normalized spacial score (nSPS) is 24.1. The summed E-state index contributed by atoms with van der Waals surface area (Å²) >= 11 is 5.96. The van der Waals surface area contributed by atoms with E-state index in [1.807, 2.05) is 17.0 Å². The molecule has 0 aromatic heterocycles. The Morgan fingerprint density at radius 3 is 2.73 bits per heavy atom. The molecule has 162 valence electrons. The fourth-order valence-corrected chi connectivity index (χ4v) is 4.72. The number of nitrogens with zero attached hydrogens (tertiary/aromatic N) is 3. The number of carbonyl (C=O) groups excluding carboxylic acids is 2. The quantitative estimate of drug-likeness (QED) is 0.702. The van der Waals surface area contributed by atoms with Crippen LogP contribution in [-0.2, 0) is 9.59 Å². The third kappa shape index (κ3) is 5.05. The van der Waals surface area contributed by atoms with Crippen LogP contribution in [0.5, 0.6) is 0 Å². The maximum absolute atomic E-state index is 12.5. The maximum Gasteiger partial charge on any atom is 0.247 e. The van der Waals surface area contributed by atoms with Crippen molar-refractivity contribution in [3.8, 4) is 0 Å². The van der Waals surface area contributed by atoms with E-state index in [9.17, 15) is 14.7 Å². The lowest BCUT2D eigenvalue weighted by molar-refractivity contribution is -0.143. The molecule has 1 aromatic carbocycles. The number of aliphatic hydroxyl groups excluding tert-OH is 1. The molecule has 0 unspecified atom stereocenters. The fourth-order valence-electron chi connectivity index (χ4n) is 4.53. The van der Waals surface area contributed by atoms with Crippen molar-refractivity contribution < 1.29 is 14.7 Å². The van der Waals surface area contributed by atoms with E-state index in [4.69, 9.17) is 11.6 Å². The number of hydrogen-bond acceptors (Lipinski definition) is 4. The minimum atomic E-state index is -0.192. The summed E-state index contributed by atoms with van der Waals surface area (Å²) in [5, 5.41) is 10.9. The number of aliphatic hydroxyl groups is 1. The molecule has 2 heterocycles. The van der Waals surface area contributed by atoms with E-state index in [-0.39, 0.29) is 29.9 Å². The van der Waals surface area contributed by atoms with E-state index in [1.54, 1.807) is 23.1 Å². The van der Waals surface area contributed by atoms with Crippen LogP contribution in [0.4, 0.5) is 0 Å². The monoisotopic (exact) mass is 431 g/mol. The summed E-state index contributed by atoms with van der Waals surface area (Å²) in [7, 11) is 0. The molecule has 0 bridgehead atoms. The Labute approximate surface area is 183 Å². The van der Waals surface area contributed by atoms with Gasteiger partial charge in [-0.1, -0.05) is 23.7 Å². The number of piperidine rings is 1. The molecular weight excluding hydrogens is 402 g/mol. The van der Waals surface area contributed by atoms with Gasteiger partial charge in [0.05, 0.1) is 6.10 Å². The molecule has 7 heteroatoms. The van der Waals surface area contributed by atoms with E-state index in [0.29, 0.717) is 24.7 Å². The van der Waals surface area contributed by atoms with Crippen molar-refractivity contribution in [1.82, 2.24) is 14.7 Å². The van der Waals surface area contributed by atoms with Crippen molar-refractivity contribution in [2.45, 2.75) is 31.8 Å². The Hall–Kier alpha value is -1.89. The van der Waals surface area contributed by atoms with Gasteiger partial charge in [0.2, 0.25) is 11.8 Å². The highest BCUT2D eigenvalue weighted by atomic mass is 35.5. The van der Waals surface area contributed by atoms with Crippen molar-refractivity contribution in [2.75, 3.05) is 45.8 Å². The zero-order valence-corrected chi connectivity index (χ0v) is 18.1. The van der Waals surface area contributed by atoms with Crippen LogP contribution in [-0.4, -0.2) is 83.5 Å². The van der Waals surface area contributed by atoms with Crippen molar-refractivity contribution in [3.63, 3.8) is 0 Å². The number of β-amino-alcohol motifs (C(OH)–C–C–N with tert-alkyl or cyclic N) is 1. The molecule has 3 aliphatic rings. The van der Waals surface area contributed by atoms with E-state index >= 15 is 0 Å².